The van der Waals surface area contributed by atoms with Gasteiger partial charge >= 0.3 is 0 Å². The molecule has 0 spiro atoms. The van der Waals surface area contributed by atoms with Crippen molar-refractivity contribution in [3.8, 4) is 0 Å². The number of hydrogen-bond acceptors (Lipinski definition) is 6. The van der Waals surface area contributed by atoms with E-state index in [9.17, 15) is 20.4 Å². The van der Waals surface area contributed by atoms with E-state index in [-0.39, 0.29) is 6.42 Å². The summed E-state index contributed by atoms with van der Waals surface area (Å²) in [6.45, 7) is -0.438. The van der Waals surface area contributed by atoms with Gasteiger partial charge in [0.2, 0.25) is 0 Å². The molecule has 2 heterocycles. The fraction of sp³-hybridized carbons (Fsp3) is 0.438. The summed E-state index contributed by atoms with van der Waals surface area (Å²) in [4.78, 5) is 4.57. The number of ether oxygens (including phenoxy) is 1. The third kappa shape index (κ3) is 3.50. The van der Waals surface area contributed by atoms with Crippen molar-refractivity contribution in [2.24, 2.45) is 0 Å². The molecule has 0 bridgehead atoms. The van der Waals surface area contributed by atoms with Crippen LogP contribution < -0.4 is 0 Å². The first-order valence-electron chi connectivity index (χ1n) is 7.46. The van der Waals surface area contributed by atoms with Gasteiger partial charge in [0.1, 0.15) is 24.4 Å². The molecule has 0 unspecified atom stereocenters. The third-order valence-corrected chi connectivity index (χ3v) is 5.23. The van der Waals surface area contributed by atoms with Crippen molar-refractivity contribution in [1.29, 1.82) is 0 Å². The van der Waals surface area contributed by atoms with Crippen LogP contribution in [-0.2, 0) is 11.2 Å². The fourth-order valence-corrected chi connectivity index (χ4v) is 4.21. The number of pyridine rings is 1. The fourth-order valence-electron chi connectivity index (χ4n) is 2.86. The summed E-state index contributed by atoms with van der Waals surface area (Å²) in [7, 11) is 0. The number of rotatable bonds is 3. The van der Waals surface area contributed by atoms with Crippen molar-refractivity contribution < 1.29 is 25.2 Å². The second-order valence-corrected chi connectivity index (χ2v) is 7.60. The zero-order valence-corrected chi connectivity index (χ0v) is 15.7. The highest BCUT2D eigenvalue weighted by Gasteiger charge is 2.43. The van der Waals surface area contributed by atoms with Crippen molar-refractivity contribution in [2.45, 2.75) is 36.9 Å². The quantitative estimate of drug-likeness (QED) is 0.545. The zero-order valence-electron chi connectivity index (χ0n) is 12.5. The Labute approximate surface area is 155 Å². The highest BCUT2D eigenvalue weighted by atomic mass is 79.9. The number of aromatic nitrogens is 1. The zero-order chi connectivity index (χ0) is 17.4. The van der Waals surface area contributed by atoms with Crippen molar-refractivity contribution in [3.05, 3.63) is 38.9 Å². The van der Waals surface area contributed by atoms with Gasteiger partial charge in [-0.1, -0.05) is 22.0 Å². The van der Waals surface area contributed by atoms with E-state index in [1.54, 1.807) is 0 Å². The largest absolute Gasteiger partial charge is 0.394 e. The van der Waals surface area contributed by atoms with Crippen molar-refractivity contribution in [1.82, 2.24) is 4.98 Å². The van der Waals surface area contributed by atoms with E-state index in [2.05, 4.69) is 36.8 Å². The van der Waals surface area contributed by atoms with E-state index in [0.29, 0.717) is 5.69 Å². The van der Waals surface area contributed by atoms with Gasteiger partial charge in [0, 0.05) is 26.4 Å². The maximum atomic E-state index is 10.1. The third-order valence-electron chi connectivity index (χ3n) is 4.17. The minimum absolute atomic E-state index is 0.250. The first-order chi connectivity index (χ1) is 11.4. The smallest absolute Gasteiger partial charge is 0.111 e. The van der Waals surface area contributed by atoms with Crippen LogP contribution in [0.1, 0.15) is 5.69 Å². The first kappa shape index (κ1) is 18.2. The highest BCUT2D eigenvalue weighted by Crippen LogP contribution is 2.29. The van der Waals surface area contributed by atoms with Crippen LogP contribution >= 0.6 is 31.9 Å². The SMILES string of the molecule is OC[C@H]1O[C@@H](Cc2ccc3cc(Br)cc(Br)c3n2)[C@H](O)[C@@H](O)[C@H]1O. The molecule has 0 saturated carbocycles. The predicted molar refractivity (Wildman–Crippen MR) is 94.6 cm³/mol. The lowest BCUT2D eigenvalue weighted by Gasteiger charge is -2.40. The number of aliphatic hydroxyl groups is 4. The van der Waals surface area contributed by atoms with Crippen LogP contribution in [0, 0.1) is 0 Å². The summed E-state index contributed by atoms with van der Waals surface area (Å²) in [6, 6.07) is 7.58. The predicted octanol–water partition coefficient (Wildman–Crippen LogP) is 1.14. The Morgan fingerprint density at radius 3 is 2.42 bits per heavy atom. The molecule has 2 aromatic rings. The lowest BCUT2D eigenvalue weighted by atomic mass is 9.92. The van der Waals surface area contributed by atoms with Gasteiger partial charge in [0.15, 0.2) is 0 Å². The number of halogens is 2. The maximum Gasteiger partial charge on any atom is 0.111 e. The highest BCUT2D eigenvalue weighted by molar-refractivity contribution is 9.11. The van der Waals surface area contributed by atoms with Crippen LogP contribution in [0.15, 0.2) is 33.2 Å². The first-order valence-corrected chi connectivity index (χ1v) is 9.04. The molecular weight excluding hydrogens is 446 g/mol. The van der Waals surface area contributed by atoms with E-state index in [4.69, 9.17) is 4.74 Å². The molecule has 3 rings (SSSR count). The topological polar surface area (TPSA) is 103 Å². The van der Waals surface area contributed by atoms with E-state index < -0.39 is 37.1 Å². The maximum absolute atomic E-state index is 10.1. The Hall–Kier alpha value is -0.610. The average Bonchev–Trinajstić information content (AvgIpc) is 2.55. The van der Waals surface area contributed by atoms with E-state index in [1.807, 2.05) is 24.3 Å². The van der Waals surface area contributed by atoms with Crippen molar-refractivity contribution in [2.75, 3.05) is 6.61 Å². The van der Waals surface area contributed by atoms with Crippen LogP contribution in [0.2, 0.25) is 0 Å². The molecular formula is C16H17Br2NO5. The molecule has 0 amide bonds. The minimum Gasteiger partial charge on any atom is -0.394 e. The summed E-state index contributed by atoms with van der Waals surface area (Å²) in [6.07, 6.45) is -5.40. The van der Waals surface area contributed by atoms with Crippen LogP contribution in [-0.4, -0.2) is 62.5 Å². The normalized spacial score (nSPS) is 30.7. The molecule has 24 heavy (non-hydrogen) atoms. The van der Waals surface area contributed by atoms with Crippen molar-refractivity contribution in [3.63, 3.8) is 0 Å². The Balaban J connectivity index is 1.86. The van der Waals surface area contributed by atoms with Gasteiger partial charge in [0.25, 0.3) is 0 Å². The second-order valence-electron chi connectivity index (χ2n) is 5.83. The molecule has 6 nitrogen and oxygen atoms in total. The molecule has 1 saturated heterocycles. The van der Waals surface area contributed by atoms with Crippen LogP contribution in [0.25, 0.3) is 10.9 Å². The number of fused-ring (bicyclic) bond motifs is 1. The van der Waals surface area contributed by atoms with Gasteiger partial charge < -0.3 is 25.2 Å². The average molecular weight is 463 g/mol. The minimum atomic E-state index is -1.37. The Kier molecular flexibility index (Phi) is 5.55. The summed E-state index contributed by atoms with van der Waals surface area (Å²) >= 11 is 6.91. The molecule has 1 aromatic carbocycles. The van der Waals surface area contributed by atoms with Gasteiger partial charge in [-0.3, -0.25) is 4.98 Å². The number of nitrogens with zero attached hydrogens (tertiary/aromatic N) is 1. The van der Waals surface area contributed by atoms with E-state index in [1.165, 1.54) is 0 Å². The summed E-state index contributed by atoms with van der Waals surface area (Å²) in [5.74, 6) is 0. The molecule has 1 fully saturated rings. The number of benzene rings is 1. The van der Waals surface area contributed by atoms with Crippen LogP contribution in [0.4, 0.5) is 0 Å². The van der Waals surface area contributed by atoms with Crippen molar-refractivity contribution >= 4 is 42.8 Å². The van der Waals surface area contributed by atoms with Gasteiger partial charge in [-0.2, -0.15) is 0 Å². The van der Waals surface area contributed by atoms with Crippen LogP contribution in [0.3, 0.4) is 0 Å². The summed E-state index contributed by atoms with van der Waals surface area (Å²) in [5.41, 5.74) is 1.45. The van der Waals surface area contributed by atoms with Gasteiger partial charge in [-0.05, 0) is 34.1 Å². The standard InChI is InChI=1S/C16H17Br2NO5/c17-8-3-7-1-2-9(19-13(7)10(18)4-8)5-11-14(21)16(23)15(22)12(6-20)24-11/h1-4,11-12,14-16,20-23H,5-6H2/t11-,12+,14-,15-,16+/m0/s1. The van der Waals surface area contributed by atoms with Gasteiger partial charge in [0.05, 0.1) is 18.2 Å². The summed E-state index contributed by atoms with van der Waals surface area (Å²) < 4.78 is 7.30. The Morgan fingerprint density at radius 1 is 1.00 bits per heavy atom. The molecule has 0 aliphatic carbocycles. The molecule has 1 aliphatic rings. The van der Waals surface area contributed by atoms with Gasteiger partial charge in [-0.15, -0.1) is 0 Å². The number of aliphatic hydroxyl groups excluding tert-OH is 4. The number of hydrogen-bond donors (Lipinski definition) is 4. The Morgan fingerprint density at radius 2 is 1.71 bits per heavy atom. The molecule has 4 N–H and O–H groups in total. The Bertz CT molecular complexity index is 742. The monoisotopic (exact) mass is 461 g/mol. The molecule has 0 radical (unpaired) electrons. The molecule has 130 valence electrons. The molecule has 5 atom stereocenters. The van der Waals surface area contributed by atoms with Crippen LogP contribution in [0.5, 0.6) is 0 Å². The summed E-state index contributed by atoms with van der Waals surface area (Å²) in [5, 5.41) is 40.0. The van der Waals surface area contributed by atoms with E-state index in [0.717, 1.165) is 19.8 Å². The van der Waals surface area contributed by atoms with Gasteiger partial charge in [-0.25, -0.2) is 0 Å². The van der Waals surface area contributed by atoms with E-state index >= 15 is 0 Å². The lowest BCUT2D eigenvalue weighted by Crippen LogP contribution is -2.59. The lowest BCUT2D eigenvalue weighted by molar-refractivity contribution is -0.228. The molecule has 1 aliphatic heterocycles. The second kappa shape index (κ2) is 7.33. The molecule has 1 aromatic heterocycles. The molecule has 8 heteroatoms.